The lowest BCUT2D eigenvalue weighted by Crippen LogP contribution is -2.10. The Bertz CT molecular complexity index is 439. The molecule has 0 aliphatic carbocycles. The van der Waals surface area contributed by atoms with Crippen LogP contribution in [0.4, 0.5) is 5.69 Å². The molecule has 0 aliphatic heterocycles. The number of nitriles is 1. The standard InChI is InChI=1S/C9H7N3O2S2/c10-6-11-9(15)16-5-7-1-3-8(4-2-7)12(13)14/h1-4H,5H2,(H,11,15). The Hall–Kier alpha value is -1.65. The summed E-state index contributed by atoms with van der Waals surface area (Å²) in [6.45, 7) is 0. The fourth-order valence-electron chi connectivity index (χ4n) is 0.944. The van der Waals surface area contributed by atoms with Crippen molar-refractivity contribution in [2.75, 3.05) is 0 Å². The number of rotatable bonds is 3. The van der Waals surface area contributed by atoms with E-state index in [1.165, 1.54) is 23.9 Å². The highest BCUT2D eigenvalue weighted by Crippen LogP contribution is 2.17. The van der Waals surface area contributed by atoms with Crippen molar-refractivity contribution >= 4 is 34.0 Å². The van der Waals surface area contributed by atoms with Gasteiger partial charge in [0.25, 0.3) is 5.69 Å². The average Bonchev–Trinajstić information content (AvgIpc) is 2.27. The van der Waals surface area contributed by atoms with Crippen molar-refractivity contribution in [3.05, 3.63) is 39.9 Å². The number of nitrogens with zero attached hydrogens (tertiary/aromatic N) is 2. The van der Waals surface area contributed by atoms with Crippen LogP contribution in [0.5, 0.6) is 0 Å². The van der Waals surface area contributed by atoms with Gasteiger partial charge in [0.15, 0.2) is 6.19 Å². The number of hydrogen-bond acceptors (Lipinski definition) is 5. The second-order valence-corrected chi connectivity index (χ2v) is 4.39. The molecule has 1 N–H and O–H groups in total. The molecule has 0 saturated carbocycles. The van der Waals surface area contributed by atoms with Gasteiger partial charge in [-0.25, -0.2) is 0 Å². The Balaban J connectivity index is 2.53. The van der Waals surface area contributed by atoms with Gasteiger partial charge in [0, 0.05) is 17.9 Å². The van der Waals surface area contributed by atoms with Gasteiger partial charge in [0.2, 0.25) is 0 Å². The van der Waals surface area contributed by atoms with Crippen LogP contribution < -0.4 is 5.32 Å². The van der Waals surface area contributed by atoms with Gasteiger partial charge in [-0.15, -0.1) is 0 Å². The highest BCUT2D eigenvalue weighted by atomic mass is 32.2. The molecule has 0 radical (unpaired) electrons. The van der Waals surface area contributed by atoms with Crippen LogP contribution in [-0.2, 0) is 5.75 Å². The van der Waals surface area contributed by atoms with Gasteiger partial charge in [-0.2, -0.15) is 5.26 Å². The molecule has 5 nitrogen and oxygen atoms in total. The van der Waals surface area contributed by atoms with Crippen LogP contribution >= 0.6 is 24.0 Å². The van der Waals surface area contributed by atoms with E-state index in [4.69, 9.17) is 17.5 Å². The Morgan fingerprint density at radius 2 is 2.19 bits per heavy atom. The summed E-state index contributed by atoms with van der Waals surface area (Å²) in [6, 6.07) is 6.22. The maximum absolute atomic E-state index is 10.4. The van der Waals surface area contributed by atoms with Crippen molar-refractivity contribution in [2.24, 2.45) is 0 Å². The minimum Gasteiger partial charge on any atom is -0.278 e. The summed E-state index contributed by atoms with van der Waals surface area (Å²) in [7, 11) is 0. The highest BCUT2D eigenvalue weighted by Gasteiger charge is 2.04. The fraction of sp³-hybridized carbons (Fsp3) is 0.111. The molecule has 0 fully saturated rings. The molecule has 0 aromatic heterocycles. The number of non-ortho nitro benzene ring substituents is 1. The lowest BCUT2D eigenvalue weighted by atomic mass is 10.2. The van der Waals surface area contributed by atoms with Crippen LogP contribution in [-0.4, -0.2) is 9.24 Å². The lowest BCUT2D eigenvalue weighted by Gasteiger charge is -2.00. The van der Waals surface area contributed by atoms with E-state index in [0.29, 0.717) is 10.1 Å². The van der Waals surface area contributed by atoms with E-state index in [9.17, 15) is 10.1 Å². The number of nitro groups is 1. The number of thioether (sulfide) groups is 1. The Morgan fingerprint density at radius 3 is 2.69 bits per heavy atom. The Kier molecular flexibility index (Phi) is 4.69. The first kappa shape index (κ1) is 12.4. The number of benzene rings is 1. The monoisotopic (exact) mass is 253 g/mol. The van der Waals surface area contributed by atoms with Crippen LogP contribution in [0.1, 0.15) is 5.56 Å². The van der Waals surface area contributed by atoms with Crippen molar-refractivity contribution in [1.82, 2.24) is 5.32 Å². The van der Waals surface area contributed by atoms with Gasteiger partial charge in [-0.3, -0.25) is 15.4 Å². The first-order valence-corrected chi connectivity index (χ1v) is 5.58. The topological polar surface area (TPSA) is 79.0 Å². The third kappa shape index (κ3) is 3.84. The van der Waals surface area contributed by atoms with E-state index in [2.05, 4.69) is 5.32 Å². The second-order valence-electron chi connectivity index (χ2n) is 2.74. The molecule has 0 spiro atoms. The zero-order valence-electron chi connectivity index (χ0n) is 8.04. The minimum absolute atomic E-state index is 0.0616. The van der Waals surface area contributed by atoms with Crippen LogP contribution in [0, 0.1) is 21.6 Å². The molecule has 0 saturated heterocycles. The molecule has 1 aromatic rings. The second kappa shape index (κ2) is 6.05. The van der Waals surface area contributed by atoms with E-state index in [1.807, 2.05) is 0 Å². The first-order valence-electron chi connectivity index (χ1n) is 4.18. The van der Waals surface area contributed by atoms with E-state index >= 15 is 0 Å². The van der Waals surface area contributed by atoms with E-state index in [-0.39, 0.29) is 5.69 Å². The molecule has 7 heteroatoms. The molecule has 0 heterocycles. The van der Waals surface area contributed by atoms with Crippen LogP contribution in [0.15, 0.2) is 24.3 Å². The molecular formula is C9H7N3O2S2. The Morgan fingerprint density at radius 1 is 1.56 bits per heavy atom. The fourth-order valence-corrected chi connectivity index (χ4v) is 1.77. The average molecular weight is 253 g/mol. The van der Waals surface area contributed by atoms with Crippen molar-refractivity contribution < 1.29 is 4.92 Å². The molecule has 0 bridgehead atoms. The molecule has 0 unspecified atom stereocenters. The summed E-state index contributed by atoms with van der Waals surface area (Å²) >= 11 is 6.14. The minimum atomic E-state index is -0.446. The van der Waals surface area contributed by atoms with E-state index < -0.39 is 4.92 Å². The van der Waals surface area contributed by atoms with Crippen LogP contribution in [0.25, 0.3) is 0 Å². The molecule has 0 amide bonds. The smallest absolute Gasteiger partial charge is 0.269 e. The summed E-state index contributed by atoms with van der Waals surface area (Å²) < 4.78 is 0.390. The van der Waals surface area contributed by atoms with Gasteiger partial charge in [0.1, 0.15) is 4.32 Å². The summed E-state index contributed by atoms with van der Waals surface area (Å²) in [4.78, 5) is 9.95. The van der Waals surface area contributed by atoms with E-state index in [1.54, 1.807) is 18.3 Å². The lowest BCUT2D eigenvalue weighted by molar-refractivity contribution is -0.384. The third-order valence-corrected chi connectivity index (χ3v) is 2.97. The van der Waals surface area contributed by atoms with Gasteiger partial charge in [-0.05, 0) is 5.56 Å². The maximum Gasteiger partial charge on any atom is 0.269 e. The van der Waals surface area contributed by atoms with E-state index in [0.717, 1.165) is 5.56 Å². The summed E-state index contributed by atoms with van der Waals surface area (Å²) in [5.74, 6) is 0.575. The van der Waals surface area contributed by atoms with Crippen LogP contribution in [0.2, 0.25) is 0 Å². The van der Waals surface area contributed by atoms with Crippen molar-refractivity contribution in [1.29, 1.82) is 5.26 Å². The zero-order chi connectivity index (χ0) is 12.0. The zero-order valence-corrected chi connectivity index (χ0v) is 9.68. The first-order chi connectivity index (χ1) is 7.63. The SMILES string of the molecule is N#CNC(=S)SCc1ccc([N+](=O)[O-])cc1. The largest absolute Gasteiger partial charge is 0.278 e. The van der Waals surface area contributed by atoms with Crippen molar-refractivity contribution in [3.8, 4) is 6.19 Å². The number of hydrogen-bond donors (Lipinski definition) is 1. The van der Waals surface area contributed by atoms with Crippen molar-refractivity contribution in [3.63, 3.8) is 0 Å². The molecule has 1 aromatic carbocycles. The van der Waals surface area contributed by atoms with Gasteiger partial charge in [-0.1, -0.05) is 36.1 Å². The number of nitro benzene ring substituents is 1. The highest BCUT2D eigenvalue weighted by molar-refractivity contribution is 8.22. The number of nitrogens with one attached hydrogen (secondary N) is 1. The summed E-state index contributed by atoms with van der Waals surface area (Å²) in [5, 5.41) is 21.0. The number of thiocarbonyl (C=S) groups is 1. The quantitative estimate of drug-likeness (QED) is 0.292. The van der Waals surface area contributed by atoms with Gasteiger partial charge < -0.3 is 0 Å². The predicted molar refractivity (Wildman–Crippen MR) is 65.7 cm³/mol. The predicted octanol–water partition coefficient (Wildman–Crippen LogP) is 2.18. The van der Waals surface area contributed by atoms with Crippen molar-refractivity contribution in [2.45, 2.75) is 5.75 Å². The molecule has 0 atom stereocenters. The molecule has 82 valence electrons. The molecular weight excluding hydrogens is 246 g/mol. The van der Waals surface area contributed by atoms with Gasteiger partial charge >= 0.3 is 0 Å². The summed E-state index contributed by atoms with van der Waals surface area (Å²) in [5.41, 5.74) is 0.976. The Labute approximate surface area is 102 Å². The molecule has 0 aliphatic rings. The maximum atomic E-state index is 10.4. The summed E-state index contributed by atoms with van der Waals surface area (Å²) in [6.07, 6.45) is 1.73. The molecule has 1 rings (SSSR count). The third-order valence-electron chi connectivity index (χ3n) is 1.68. The molecule has 16 heavy (non-hydrogen) atoms. The van der Waals surface area contributed by atoms with Crippen LogP contribution in [0.3, 0.4) is 0 Å². The normalized spacial score (nSPS) is 9.19. The van der Waals surface area contributed by atoms with Gasteiger partial charge in [0.05, 0.1) is 4.92 Å².